The molecule has 0 aliphatic carbocycles. The summed E-state index contributed by atoms with van der Waals surface area (Å²) < 4.78 is 0. The molecular weight excluding hydrogens is 180 g/mol. The fourth-order valence-electron chi connectivity index (χ4n) is 1.56. The second-order valence-corrected chi connectivity index (χ2v) is 3.22. The number of anilines is 2. The van der Waals surface area contributed by atoms with Gasteiger partial charge in [0.05, 0.1) is 11.9 Å². The Bertz CT molecular complexity index is 352. The van der Waals surface area contributed by atoms with Crippen LogP contribution in [0.25, 0.3) is 0 Å². The van der Waals surface area contributed by atoms with Gasteiger partial charge < -0.3 is 10.2 Å². The van der Waals surface area contributed by atoms with Gasteiger partial charge in [0.2, 0.25) is 5.91 Å². The summed E-state index contributed by atoms with van der Waals surface area (Å²) in [5.41, 5.74) is 0.824. The van der Waals surface area contributed by atoms with Gasteiger partial charge in [0, 0.05) is 20.0 Å². The van der Waals surface area contributed by atoms with E-state index in [0.717, 1.165) is 25.2 Å². The number of hydrogen-bond donors (Lipinski definition) is 1. The number of nitrogens with zero attached hydrogens (tertiary/aromatic N) is 3. The van der Waals surface area contributed by atoms with Gasteiger partial charge in [0.1, 0.15) is 0 Å². The van der Waals surface area contributed by atoms with E-state index in [9.17, 15) is 4.79 Å². The third-order valence-corrected chi connectivity index (χ3v) is 2.22. The Balaban J connectivity index is 2.42. The Morgan fingerprint density at radius 2 is 2.50 bits per heavy atom. The van der Waals surface area contributed by atoms with E-state index in [-0.39, 0.29) is 5.91 Å². The third kappa shape index (κ3) is 1.53. The molecule has 5 nitrogen and oxygen atoms in total. The summed E-state index contributed by atoms with van der Waals surface area (Å²) in [6.07, 6.45) is 2.53. The van der Waals surface area contributed by atoms with Crippen LogP contribution in [-0.4, -0.2) is 29.2 Å². The van der Waals surface area contributed by atoms with Crippen molar-refractivity contribution in [2.24, 2.45) is 0 Å². The largest absolute Gasteiger partial charge is 0.367 e. The molecule has 0 bridgehead atoms. The predicted molar refractivity (Wildman–Crippen MR) is 53.2 cm³/mol. The van der Waals surface area contributed by atoms with Crippen molar-refractivity contribution in [3.8, 4) is 0 Å². The van der Waals surface area contributed by atoms with Crippen LogP contribution < -0.4 is 10.2 Å². The minimum absolute atomic E-state index is 0.0444. The monoisotopic (exact) mass is 192 g/mol. The molecule has 74 valence electrons. The molecule has 1 aliphatic heterocycles. The summed E-state index contributed by atoms with van der Waals surface area (Å²) in [5.74, 6) is 0.739. The van der Waals surface area contributed by atoms with Crippen LogP contribution in [0.3, 0.4) is 0 Å². The average molecular weight is 192 g/mol. The standard InChI is InChI=1S/C9H12N4O/c1-7(14)13-6-2-4-10-9-8(13)3-5-11-12-9/h3,5H,2,4,6H2,1H3,(H,10,12). The molecule has 1 N–H and O–H groups in total. The van der Waals surface area contributed by atoms with Crippen molar-refractivity contribution in [2.45, 2.75) is 13.3 Å². The van der Waals surface area contributed by atoms with Gasteiger partial charge in [-0.1, -0.05) is 0 Å². The lowest BCUT2D eigenvalue weighted by Gasteiger charge is -2.19. The highest BCUT2D eigenvalue weighted by molar-refractivity contribution is 5.94. The second kappa shape index (κ2) is 3.61. The van der Waals surface area contributed by atoms with Crippen molar-refractivity contribution < 1.29 is 4.79 Å². The van der Waals surface area contributed by atoms with Crippen LogP contribution in [0.5, 0.6) is 0 Å². The van der Waals surface area contributed by atoms with Gasteiger partial charge in [-0.2, -0.15) is 5.10 Å². The van der Waals surface area contributed by atoms with Gasteiger partial charge in [-0.15, -0.1) is 5.10 Å². The Morgan fingerprint density at radius 1 is 1.64 bits per heavy atom. The normalized spacial score (nSPS) is 15.4. The molecule has 0 radical (unpaired) electrons. The maximum Gasteiger partial charge on any atom is 0.223 e. The zero-order valence-corrected chi connectivity index (χ0v) is 8.03. The van der Waals surface area contributed by atoms with Crippen LogP contribution in [0.1, 0.15) is 13.3 Å². The lowest BCUT2D eigenvalue weighted by molar-refractivity contribution is -0.116. The minimum Gasteiger partial charge on any atom is -0.367 e. The highest BCUT2D eigenvalue weighted by atomic mass is 16.2. The van der Waals surface area contributed by atoms with Gasteiger partial charge in [-0.25, -0.2) is 0 Å². The zero-order chi connectivity index (χ0) is 9.97. The Hall–Kier alpha value is -1.65. The number of fused-ring (bicyclic) bond motifs is 1. The summed E-state index contributed by atoms with van der Waals surface area (Å²) in [6.45, 7) is 3.13. The number of carbonyl (C=O) groups excluding carboxylic acids is 1. The van der Waals surface area contributed by atoms with Crippen LogP contribution in [0, 0.1) is 0 Å². The zero-order valence-electron chi connectivity index (χ0n) is 8.03. The van der Waals surface area contributed by atoms with Crippen LogP contribution >= 0.6 is 0 Å². The minimum atomic E-state index is 0.0444. The Morgan fingerprint density at radius 3 is 3.29 bits per heavy atom. The molecule has 0 atom stereocenters. The Kier molecular flexibility index (Phi) is 2.30. The van der Waals surface area contributed by atoms with E-state index in [1.807, 2.05) is 6.07 Å². The lowest BCUT2D eigenvalue weighted by atomic mass is 10.3. The van der Waals surface area contributed by atoms with Crippen LogP contribution in [-0.2, 0) is 4.79 Å². The molecule has 1 aliphatic rings. The maximum atomic E-state index is 11.4. The quantitative estimate of drug-likeness (QED) is 0.655. The van der Waals surface area contributed by atoms with Gasteiger partial charge in [0.15, 0.2) is 5.82 Å². The fourth-order valence-corrected chi connectivity index (χ4v) is 1.56. The van der Waals surface area contributed by atoms with Gasteiger partial charge in [-0.3, -0.25) is 4.79 Å². The van der Waals surface area contributed by atoms with E-state index in [1.165, 1.54) is 0 Å². The van der Waals surface area contributed by atoms with Crippen molar-refractivity contribution in [1.29, 1.82) is 0 Å². The Labute approximate surface area is 82.1 Å². The molecule has 0 spiro atoms. The molecule has 1 aromatic rings. The van der Waals surface area contributed by atoms with E-state index < -0.39 is 0 Å². The summed E-state index contributed by atoms with van der Waals surface area (Å²) in [5, 5.41) is 10.9. The highest BCUT2D eigenvalue weighted by Crippen LogP contribution is 2.24. The van der Waals surface area contributed by atoms with Crippen molar-refractivity contribution in [3.05, 3.63) is 12.3 Å². The van der Waals surface area contributed by atoms with E-state index in [4.69, 9.17) is 0 Å². The van der Waals surface area contributed by atoms with E-state index in [1.54, 1.807) is 18.0 Å². The first kappa shape index (κ1) is 8.93. The molecule has 2 heterocycles. The summed E-state index contributed by atoms with van der Waals surface area (Å²) >= 11 is 0. The number of carbonyl (C=O) groups is 1. The predicted octanol–water partition coefficient (Wildman–Crippen LogP) is 0.645. The number of hydrogen-bond acceptors (Lipinski definition) is 4. The lowest BCUT2D eigenvalue weighted by Crippen LogP contribution is -2.29. The molecule has 0 fully saturated rings. The summed E-state index contributed by atoms with van der Waals surface area (Å²) in [6, 6.07) is 1.81. The number of rotatable bonds is 0. The SMILES string of the molecule is CC(=O)N1CCCNc2nnccc21. The highest BCUT2D eigenvalue weighted by Gasteiger charge is 2.18. The first-order chi connectivity index (χ1) is 6.79. The molecule has 14 heavy (non-hydrogen) atoms. The van der Waals surface area contributed by atoms with E-state index >= 15 is 0 Å². The van der Waals surface area contributed by atoms with Crippen molar-refractivity contribution >= 4 is 17.4 Å². The smallest absolute Gasteiger partial charge is 0.223 e. The first-order valence-corrected chi connectivity index (χ1v) is 4.62. The molecule has 5 heteroatoms. The summed E-state index contributed by atoms with van der Waals surface area (Å²) in [4.78, 5) is 13.1. The van der Waals surface area contributed by atoms with E-state index in [2.05, 4.69) is 15.5 Å². The van der Waals surface area contributed by atoms with Gasteiger partial charge >= 0.3 is 0 Å². The van der Waals surface area contributed by atoms with Crippen molar-refractivity contribution in [2.75, 3.05) is 23.3 Å². The average Bonchev–Trinajstić information content (AvgIpc) is 2.39. The van der Waals surface area contributed by atoms with E-state index in [0.29, 0.717) is 5.82 Å². The first-order valence-electron chi connectivity index (χ1n) is 4.62. The molecule has 0 unspecified atom stereocenters. The maximum absolute atomic E-state index is 11.4. The number of amides is 1. The molecular formula is C9H12N4O. The molecule has 2 rings (SSSR count). The molecule has 0 aromatic carbocycles. The second-order valence-electron chi connectivity index (χ2n) is 3.22. The van der Waals surface area contributed by atoms with Gasteiger partial charge in [-0.05, 0) is 12.5 Å². The van der Waals surface area contributed by atoms with Gasteiger partial charge in [0.25, 0.3) is 0 Å². The van der Waals surface area contributed by atoms with Crippen molar-refractivity contribution in [3.63, 3.8) is 0 Å². The molecule has 0 saturated heterocycles. The van der Waals surface area contributed by atoms with Crippen molar-refractivity contribution in [1.82, 2.24) is 10.2 Å². The number of aromatic nitrogens is 2. The van der Waals surface area contributed by atoms with Crippen LogP contribution in [0.2, 0.25) is 0 Å². The van der Waals surface area contributed by atoms with Crippen LogP contribution in [0.15, 0.2) is 12.3 Å². The topological polar surface area (TPSA) is 58.1 Å². The molecule has 1 amide bonds. The molecule has 0 saturated carbocycles. The summed E-state index contributed by atoms with van der Waals surface area (Å²) in [7, 11) is 0. The fraction of sp³-hybridized carbons (Fsp3) is 0.444. The third-order valence-electron chi connectivity index (χ3n) is 2.22. The number of nitrogens with one attached hydrogen (secondary N) is 1. The van der Waals surface area contributed by atoms with Crippen LogP contribution in [0.4, 0.5) is 11.5 Å². The molecule has 1 aromatic heterocycles.